The summed E-state index contributed by atoms with van der Waals surface area (Å²) in [4.78, 5) is 14.0. The van der Waals surface area contributed by atoms with Crippen molar-refractivity contribution in [3.63, 3.8) is 0 Å². The smallest absolute Gasteiger partial charge is 0.314 e. The van der Waals surface area contributed by atoms with Crippen molar-refractivity contribution >= 4 is 6.03 Å². The molecule has 0 fully saturated rings. The fourth-order valence-electron chi connectivity index (χ4n) is 2.63. The van der Waals surface area contributed by atoms with E-state index >= 15 is 0 Å². The van der Waals surface area contributed by atoms with Gasteiger partial charge in [0.15, 0.2) is 0 Å². The van der Waals surface area contributed by atoms with Crippen molar-refractivity contribution < 1.29 is 9.90 Å². The summed E-state index contributed by atoms with van der Waals surface area (Å²) >= 11 is 0. The normalized spacial score (nSPS) is 13.5. The van der Waals surface area contributed by atoms with Crippen LogP contribution >= 0.6 is 0 Å². The number of urea groups is 1. The van der Waals surface area contributed by atoms with E-state index in [0.29, 0.717) is 13.0 Å². The molecule has 2 aromatic rings. The van der Waals surface area contributed by atoms with Gasteiger partial charge in [-0.15, -0.1) is 0 Å². The van der Waals surface area contributed by atoms with Crippen molar-refractivity contribution in [1.29, 1.82) is 0 Å². The van der Waals surface area contributed by atoms with Gasteiger partial charge in [0, 0.05) is 38.3 Å². The molecule has 2 amide bonds. The minimum absolute atomic E-state index is 0.0358. The summed E-state index contributed by atoms with van der Waals surface area (Å²) in [6.45, 7) is 0.666. The van der Waals surface area contributed by atoms with Gasteiger partial charge in [0.25, 0.3) is 0 Å². The Bertz CT molecular complexity index is 656. The fourth-order valence-corrected chi connectivity index (χ4v) is 2.63. The second kappa shape index (κ2) is 9.19. The van der Waals surface area contributed by atoms with Crippen molar-refractivity contribution in [2.45, 2.75) is 18.6 Å². The van der Waals surface area contributed by atoms with E-state index in [1.807, 2.05) is 62.6 Å². The van der Waals surface area contributed by atoms with Gasteiger partial charge in [-0.1, -0.05) is 30.3 Å². The van der Waals surface area contributed by atoms with E-state index in [2.05, 4.69) is 15.7 Å². The number of hydrogen-bond donors (Lipinski definition) is 3. The van der Waals surface area contributed by atoms with Crippen LogP contribution < -0.4 is 10.6 Å². The van der Waals surface area contributed by atoms with Gasteiger partial charge in [0.2, 0.25) is 0 Å². The molecule has 1 heterocycles. The Morgan fingerprint density at radius 2 is 1.92 bits per heavy atom. The molecule has 3 N–H and O–H groups in total. The lowest BCUT2D eigenvalue weighted by atomic mass is 10.1. The van der Waals surface area contributed by atoms with Gasteiger partial charge >= 0.3 is 6.03 Å². The topological polar surface area (TPSA) is 82.4 Å². The highest BCUT2D eigenvalue weighted by Gasteiger charge is 2.17. The van der Waals surface area contributed by atoms with E-state index in [1.54, 1.807) is 10.9 Å². The van der Waals surface area contributed by atoms with E-state index in [1.165, 1.54) is 0 Å². The summed E-state index contributed by atoms with van der Waals surface area (Å²) in [7, 11) is 5.78. The molecule has 25 heavy (non-hydrogen) atoms. The second-order valence-electron chi connectivity index (χ2n) is 6.36. The molecular weight excluding hydrogens is 318 g/mol. The lowest BCUT2D eigenvalue weighted by Gasteiger charge is -2.23. The molecule has 1 aromatic heterocycles. The molecule has 7 heteroatoms. The van der Waals surface area contributed by atoms with Crippen molar-refractivity contribution in [2.24, 2.45) is 7.05 Å². The first-order valence-corrected chi connectivity index (χ1v) is 8.34. The summed E-state index contributed by atoms with van der Waals surface area (Å²) in [6, 6.07) is 9.46. The molecule has 0 saturated carbocycles. The predicted octanol–water partition coefficient (Wildman–Crippen LogP) is 0.926. The highest BCUT2D eigenvalue weighted by molar-refractivity contribution is 5.73. The van der Waals surface area contributed by atoms with Crippen LogP contribution in [0.2, 0.25) is 0 Å². The number of aromatic nitrogens is 2. The summed E-state index contributed by atoms with van der Waals surface area (Å²) in [5.41, 5.74) is 2.08. The maximum Gasteiger partial charge on any atom is 0.314 e. The third-order valence-corrected chi connectivity index (χ3v) is 4.00. The molecule has 2 unspecified atom stereocenters. The molecule has 2 rings (SSSR count). The standard InChI is InChI=1S/C18H27N5O2/c1-22(2)17(15-10-21-23(3)13-15)12-20-18(25)19-11-16(24)9-14-7-5-4-6-8-14/h4-8,10,13,16-17,24H,9,11-12H2,1-3H3,(H2,19,20,25). The molecular formula is C18H27N5O2. The van der Waals surface area contributed by atoms with E-state index in [9.17, 15) is 9.90 Å². The van der Waals surface area contributed by atoms with E-state index in [0.717, 1.165) is 11.1 Å². The number of benzene rings is 1. The Morgan fingerprint density at radius 1 is 1.24 bits per heavy atom. The van der Waals surface area contributed by atoms with Crippen LogP contribution in [0.4, 0.5) is 4.79 Å². The fraction of sp³-hybridized carbons (Fsp3) is 0.444. The van der Waals surface area contributed by atoms with Crippen LogP contribution in [0.25, 0.3) is 0 Å². The molecule has 0 aliphatic heterocycles. The van der Waals surface area contributed by atoms with Crippen LogP contribution in [-0.4, -0.2) is 59.1 Å². The first-order chi connectivity index (χ1) is 12.0. The molecule has 0 spiro atoms. The lowest BCUT2D eigenvalue weighted by Crippen LogP contribution is -2.43. The number of likely N-dealkylation sites (N-methyl/N-ethyl adjacent to an activating group) is 1. The lowest BCUT2D eigenvalue weighted by molar-refractivity contribution is 0.170. The molecule has 7 nitrogen and oxygen atoms in total. The van der Waals surface area contributed by atoms with Crippen molar-refractivity contribution in [2.75, 3.05) is 27.2 Å². The highest BCUT2D eigenvalue weighted by atomic mass is 16.3. The number of amides is 2. The van der Waals surface area contributed by atoms with Gasteiger partial charge in [-0.2, -0.15) is 5.10 Å². The first-order valence-electron chi connectivity index (χ1n) is 8.34. The zero-order valence-corrected chi connectivity index (χ0v) is 15.0. The van der Waals surface area contributed by atoms with Gasteiger partial charge in [-0.3, -0.25) is 4.68 Å². The van der Waals surface area contributed by atoms with E-state index in [4.69, 9.17) is 0 Å². The van der Waals surface area contributed by atoms with Gasteiger partial charge in [-0.25, -0.2) is 4.79 Å². The Morgan fingerprint density at radius 3 is 2.52 bits per heavy atom. The van der Waals surface area contributed by atoms with Crippen LogP contribution in [0.5, 0.6) is 0 Å². The predicted molar refractivity (Wildman–Crippen MR) is 97.2 cm³/mol. The van der Waals surface area contributed by atoms with Crippen LogP contribution in [0.1, 0.15) is 17.2 Å². The number of nitrogens with zero attached hydrogens (tertiary/aromatic N) is 3. The molecule has 136 valence electrons. The largest absolute Gasteiger partial charge is 0.391 e. The third kappa shape index (κ3) is 6.21. The Kier molecular flexibility index (Phi) is 6.97. The number of carbonyl (C=O) groups excluding carboxylic acids is 1. The molecule has 0 radical (unpaired) electrons. The molecule has 0 bridgehead atoms. The Balaban J connectivity index is 1.75. The SMILES string of the molecule is CN(C)C(CNC(=O)NCC(O)Cc1ccccc1)c1cnn(C)c1. The summed E-state index contributed by atoms with van der Waals surface area (Å²) in [5, 5.41) is 19.8. The minimum Gasteiger partial charge on any atom is -0.391 e. The second-order valence-corrected chi connectivity index (χ2v) is 6.36. The van der Waals surface area contributed by atoms with Crippen molar-refractivity contribution in [3.05, 3.63) is 53.9 Å². The number of rotatable bonds is 8. The molecule has 2 atom stereocenters. The summed E-state index contributed by atoms with van der Waals surface area (Å²) in [5.74, 6) is 0. The monoisotopic (exact) mass is 345 g/mol. The van der Waals surface area contributed by atoms with Crippen LogP contribution in [-0.2, 0) is 13.5 Å². The van der Waals surface area contributed by atoms with Gasteiger partial charge < -0.3 is 20.6 Å². The zero-order chi connectivity index (χ0) is 18.2. The number of hydrogen-bond acceptors (Lipinski definition) is 4. The third-order valence-electron chi connectivity index (χ3n) is 4.00. The van der Waals surface area contributed by atoms with E-state index < -0.39 is 6.10 Å². The maximum absolute atomic E-state index is 12.0. The van der Waals surface area contributed by atoms with Crippen molar-refractivity contribution in [1.82, 2.24) is 25.3 Å². The van der Waals surface area contributed by atoms with Crippen LogP contribution in [0.15, 0.2) is 42.7 Å². The average Bonchev–Trinajstić information content (AvgIpc) is 3.00. The number of nitrogens with one attached hydrogen (secondary N) is 2. The molecule has 1 aromatic carbocycles. The maximum atomic E-state index is 12.0. The molecule has 0 saturated heterocycles. The summed E-state index contributed by atoms with van der Waals surface area (Å²) in [6.07, 6.45) is 3.63. The number of aryl methyl sites for hydroxylation is 1. The highest BCUT2D eigenvalue weighted by Crippen LogP contribution is 2.15. The molecule has 0 aliphatic rings. The van der Waals surface area contributed by atoms with Crippen LogP contribution in [0, 0.1) is 0 Å². The average molecular weight is 345 g/mol. The van der Waals surface area contributed by atoms with Crippen LogP contribution in [0.3, 0.4) is 0 Å². The first kappa shape index (κ1) is 19.0. The van der Waals surface area contributed by atoms with Gasteiger partial charge in [-0.05, 0) is 19.7 Å². The van der Waals surface area contributed by atoms with Crippen molar-refractivity contribution in [3.8, 4) is 0 Å². The molecule has 0 aliphatic carbocycles. The minimum atomic E-state index is -0.615. The summed E-state index contributed by atoms with van der Waals surface area (Å²) < 4.78 is 1.74. The van der Waals surface area contributed by atoms with Gasteiger partial charge in [0.05, 0.1) is 18.3 Å². The van der Waals surface area contributed by atoms with E-state index in [-0.39, 0.29) is 18.6 Å². The number of carbonyl (C=O) groups is 1. The Labute approximate surface area is 148 Å². The Hall–Kier alpha value is -2.38. The van der Waals surface area contributed by atoms with Gasteiger partial charge in [0.1, 0.15) is 0 Å². The number of aliphatic hydroxyl groups excluding tert-OH is 1. The quantitative estimate of drug-likeness (QED) is 0.665. The number of aliphatic hydroxyl groups is 1. The zero-order valence-electron chi connectivity index (χ0n) is 15.0.